The number of H-pyrrole nitrogens is 1. The molecule has 0 bridgehead atoms. The fourth-order valence-electron chi connectivity index (χ4n) is 3.79. The standard InChI is InChI=1S/C22H20N6O/c1-14(27-19-11-7-6-10-18(19)24-26-27)12-17-13-20(29)28-22(23-17)15(2)21(25-28)16-8-4-3-5-9-16/h3-11,13-14,25H,12H2,1-2H3/t14-/m1/s1. The highest BCUT2D eigenvalue weighted by Gasteiger charge is 2.16. The molecule has 0 saturated heterocycles. The van der Waals surface area contributed by atoms with Gasteiger partial charge in [0.2, 0.25) is 0 Å². The van der Waals surface area contributed by atoms with Crippen molar-refractivity contribution in [3.05, 3.63) is 82.3 Å². The van der Waals surface area contributed by atoms with E-state index in [1.165, 1.54) is 4.52 Å². The first kappa shape index (κ1) is 17.4. The minimum absolute atomic E-state index is 0.0181. The molecule has 0 saturated carbocycles. The molecule has 144 valence electrons. The number of aryl methyl sites for hydroxylation is 1. The number of para-hydroxylation sites is 1. The average molecular weight is 384 g/mol. The van der Waals surface area contributed by atoms with Crippen LogP contribution in [0.4, 0.5) is 0 Å². The lowest BCUT2D eigenvalue weighted by Crippen LogP contribution is -2.18. The zero-order valence-corrected chi connectivity index (χ0v) is 16.2. The van der Waals surface area contributed by atoms with Gasteiger partial charge in [-0.1, -0.05) is 47.7 Å². The molecule has 0 aliphatic heterocycles. The van der Waals surface area contributed by atoms with Crippen LogP contribution in [0.5, 0.6) is 0 Å². The van der Waals surface area contributed by atoms with E-state index in [2.05, 4.69) is 22.3 Å². The summed E-state index contributed by atoms with van der Waals surface area (Å²) in [6.45, 7) is 4.04. The van der Waals surface area contributed by atoms with E-state index in [4.69, 9.17) is 4.98 Å². The summed E-state index contributed by atoms with van der Waals surface area (Å²) in [5.41, 5.74) is 5.99. The van der Waals surface area contributed by atoms with Crippen LogP contribution in [-0.2, 0) is 6.42 Å². The topological polar surface area (TPSA) is 80.9 Å². The summed E-state index contributed by atoms with van der Waals surface area (Å²) in [5, 5.41) is 11.7. The number of aromatic amines is 1. The van der Waals surface area contributed by atoms with Crippen molar-refractivity contribution in [1.82, 2.24) is 29.6 Å². The van der Waals surface area contributed by atoms with E-state index < -0.39 is 0 Å². The molecular weight excluding hydrogens is 364 g/mol. The second-order valence-corrected chi connectivity index (χ2v) is 7.30. The lowest BCUT2D eigenvalue weighted by molar-refractivity contribution is 0.484. The van der Waals surface area contributed by atoms with Crippen LogP contribution < -0.4 is 5.56 Å². The van der Waals surface area contributed by atoms with E-state index in [9.17, 15) is 4.79 Å². The lowest BCUT2D eigenvalue weighted by Gasteiger charge is -2.12. The minimum Gasteiger partial charge on any atom is -0.289 e. The molecule has 1 N–H and O–H groups in total. The maximum atomic E-state index is 12.7. The number of rotatable bonds is 4. The van der Waals surface area contributed by atoms with E-state index in [-0.39, 0.29) is 11.6 Å². The smallest absolute Gasteiger partial charge is 0.272 e. The predicted octanol–water partition coefficient (Wildman–Crippen LogP) is 3.55. The van der Waals surface area contributed by atoms with E-state index >= 15 is 0 Å². The van der Waals surface area contributed by atoms with Crippen molar-refractivity contribution in [3.63, 3.8) is 0 Å². The van der Waals surface area contributed by atoms with Gasteiger partial charge in [0.1, 0.15) is 5.52 Å². The zero-order chi connectivity index (χ0) is 20.0. The largest absolute Gasteiger partial charge is 0.289 e. The molecule has 0 spiro atoms. The summed E-state index contributed by atoms with van der Waals surface area (Å²) in [5.74, 6) is 0. The van der Waals surface area contributed by atoms with Crippen LogP contribution in [0.15, 0.2) is 65.5 Å². The van der Waals surface area contributed by atoms with E-state index in [1.54, 1.807) is 6.07 Å². The second-order valence-electron chi connectivity index (χ2n) is 7.30. The van der Waals surface area contributed by atoms with Crippen molar-refractivity contribution in [2.75, 3.05) is 0 Å². The molecule has 7 nitrogen and oxygen atoms in total. The van der Waals surface area contributed by atoms with Crippen LogP contribution >= 0.6 is 0 Å². The Hall–Kier alpha value is -3.74. The van der Waals surface area contributed by atoms with Gasteiger partial charge in [-0.25, -0.2) is 14.2 Å². The zero-order valence-electron chi connectivity index (χ0n) is 16.2. The number of hydrogen-bond donors (Lipinski definition) is 1. The van der Waals surface area contributed by atoms with Gasteiger partial charge >= 0.3 is 0 Å². The van der Waals surface area contributed by atoms with Crippen LogP contribution in [0.3, 0.4) is 0 Å². The van der Waals surface area contributed by atoms with Crippen molar-refractivity contribution >= 4 is 16.7 Å². The third-order valence-corrected chi connectivity index (χ3v) is 5.27. The highest BCUT2D eigenvalue weighted by atomic mass is 16.1. The quantitative estimate of drug-likeness (QED) is 0.514. The SMILES string of the molecule is Cc1c(-c2ccccc2)[nH]n2c(=O)cc(C[C@@H](C)n3nnc4ccccc43)nc12. The molecule has 0 fully saturated rings. The first-order chi connectivity index (χ1) is 14.1. The monoisotopic (exact) mass is 384 g/mol. The predicted molar refractivity (Wildman–Crippen MR) is 112 cm³/mol. The summed E-state index contributed by atoms with van der Waals surface area (Å²) < 4.78 is 3.40. The molecule has 0 aliphatic carbocycles. The van der Waals surface area contributed by atoms with Crippen LogP contribution in [0.2, 0.25) is 0 Å². The molecule has 0 amide bonds. The molecular formula is C22H20N6O. The molecule has 3 aromatic heterocycles. The normalized spacial score (nSPS) is 12.6. The van der Waals surface area contributed by atoms with Gasteiger partial charge in [0.05, 0.1) is 22.9 Å². The van der Waals surface area contributed by atoms with Crippen molar-refractivity contribution < 1.29 is 0 Å². The Morgan fingerprint density at radius 2 is 1.83 bits per heavy atom. The van der Waals surface area contributed by atoms with Crippen LogP contribution in [0, 0.1) is 6.92 Å². The first-order valence-electron chi connectivity index (χ1n) is 9.58. The number of hydrogen-bond acceptors (Lipinski definition) is 4. The Morgan fingerprint density at radius 1 is 1.07 bits per heavy atom. The fourth-order valence-corrected chi connectivity index (χ4v) is 3.79. The highest BCUT2D eigenvalue weighted by Crippen LogP contribution is 2.24. The molecule has 1 atom stereocenters. The van der Waals surface area contributed by atoms with Crippen LogP contribution in [0.25, 0.3) is 27.9 Å². The first-order valence-corrected chi connectivity index (χ1v) is 9.58. The van der Waals surface area contributed by atoms with Gasteiger partial charge in [0.15, 0.2) is 5.65 Å². The average Bonchev–Trinajstić information content (AvgIpc) is 3.31. The Balaban J connectivity index is 1.54. The van der Waals surface area contributed by atoms with Crippen molar-refractivity contribution in [2.45, 2.75) is 26.3 Å². The lowest BCUT2D eigenvalue weighted by atomic mass is 10.1. The third-order valence-electron chi connectivity index (χ3n) is 5.27. The molecule has 0 unspecified atom stereocenters. The Morgan fingerprint density at radius 3 is 2.66 bits per heavy atom. The number of nitrogens with one attached hydrogen (secondary N) is 1. The van der Waals surface area contributed by atoms with Gasteiger partial charge in [-0.15, -0.1) is 5.10 Å². The number of nitrogens with zero attached hydrogens (tertiary/aromatic N) is 5. The van der Waals surface area contributed by atoms with Crippen molar-refractivity contribution in [3.8, 4) is 11.3 Å². The van der Waals surface area contributed by atoms with Gasteiger partial charge in [-0.05, 0) is 31.5 Å². The molecule has 7 heteroatoms. The van der Waals surface area contributed by atoms with E-state index in [0.717, 1.165) is 33.5 Å². The summed E-state index contributed by atoms with van der Waals surface area (Å²) in [4.78, 5) is 17.5. The molecule has 0 aliphatic rings. The molecule has 2 aromatic carbocycles. The second kappa shape index (κ2) is 6.70. The van der Waals surface area contributed by atoms with Gasteiger partial charge in [-0.3, -0.25) is 9.89 Å². The Kier molecular flexibility index (Phi) is 4.01. The van der Waals surface area contributed by atoms with Crippen molar-refractivity contribution in [1.29, 1.82) is 0 Å². The molecule has 5 aromatic rings. The van der Waals surface area contributed by atoms with Gasteiger partial charge in [-0.2, -0.15) is 0 Å². The molecule has 3 heterocycles. The molecule has 5 rings (SSSR count). The van der Waals surface area contributed by atoms with Gasteiger partial charge in [0, 0.05) is 18.1 Å². The minimum atomic E-state index is -0.120. The van der Waals surface area contributed by atoms with E-state index in [0.29, 0.717) is 12.1 Å². The highest BCUT2D eigenvalue weighted by molar-refractivity contribution is 5.74. The van der Waals surface area contributed by atoms with Gasteiger partial charge < -0.3 is 0 Å². The summed E-state index contributed by atoms with van der Waals surface area (Å²) >= 11 is 0. The summed E-state index contributed by atoms with van der Waals surface area (Å²) in [6, 6.07) is 19.4. The molecule has 0 radical (unpaired) electrons. The third kappa shape index (κ3) is 2.91. The summed E-state index contributed by atoms with van der Waals surface area (Å²) in [6.07, 6.45) is 0.588. The van der Waals surface area contributed by atoms with Crippen molar-refractivity contribution in [2.24, 2.45) is 0 Å². The fraction of sp³-hybridized carbons (Fsp3) is 0.182. The Bertz CT molecular complexity index is 1380. The maximum Gasteiger partial charge on any atom is 0.272 e. The van der Waals surface area contributed by atoms with Gasteiger partial charge in [0.25, 0.3) is 5.56 Å². The Labute approximate surface area is 166 Å². The van der Waals surface area contributed by atoms with E-state index in [1.807, 2.05) is 66.2 Å². The summed E-state index contributed by atoms with van der Waals surface area (Å²) in [7, 11) is 0. The number of fused-ring (bicyclic) bond motifs is 2. The number of aromatic nitrogens is 6. The maximum absolute atomic E-state index is 12.7. The van der Waals surface area contributed by atoms with Crippen LogP contribution in [-0.4, -0.2) is 29.6 Å². The molecule has 29 heavy (non-hydrogen) atoms. The number of benzene rings is 2. The van der Waals surface area contributed by atoms with Crippen LogP contribution in [0.1, 0.15) is 24.2 Å².